The number of ketones is 1. The first-order valence-corrected chi connectivity index (χ1v) is 9.65. The molecule has 0 radical (unpaired) electrons. The van der Waals surface area contributed by atoms with Gasteiger partial charge in [-0.1, -0.05) is 0 Å². The summed E-state index contributed by atoms with van der Waals surface area (Å²) >= 11 is -0.363. The van der Waals surface area contributed by atoms with Gasteiger partial charge >= 0.3 is 135 Å². The first kappa shape index (κ1) is 16.4. The third-order valence-electron chi connectivity index (χ3n) is 4.28. The van der Waals surface area contributed by atoms with Crippen molar-refractivity contribution >= 4 is 5.78 Å². The van der Waals surface area contributed by atoms with Crippen molar-refractivity contribution in [2.24, 2.45) is 11.8 Å². The Morgan fingerprint density at radius 3 is 2.29 bits per heavy atom. The molecule has 1 aliphatic carbocycles. The molecule has 0 aromatic heterocycles. The van der Waals surface area contributed by atoms with E-state index in [-0.39, 0.29) is 48.2 Å². The number of phenols is 3. The van der Waals surface area contributed by atoms with Gasteiger partial charge in [0.15, 0.2) is 0 Å². The van der Waals surface area contributed by atoms with Crippen molar-refractivity contribution in [2.75, 3.05) is 0 Å². The molecule has 0 saturated heterocycles. The quantitative estimate of drug-likeness (QED) is 0.475. The van der Waals surface area contributed by atoms with E-state index in [1.807, 2.05) is 0 Å². The summed E-state index contributed by atoms with van der Waals surface area (Å²) in [4.78, 5) is 11.6. The van der Waals surface area contributed by atoms with E-state index in [9.17, 15) is 20.1 Å². The van der Waals surface area contributed by atoms with Crippen LogP contribution in [0.15, 0.2) is 12.1 Å². The van der Waals surface area contributed by atoms with Crippen molar-refractivity contribution < 1.29 is 41.3 Å². The molecule has 0 bridgehead atoms. The van der Waals surface area contributed by atoms with Gasteiger partial charge in [-0.05, 0) is 0 Å². The van der Waals surface area contributed by atoms with Crippen molar-refractivity contribution in [1.29, 1.82) is 0 Å². The number of hydrogen-bond donors (Lipinski definition) is 3. The second-order valence-electron chi connectivity index (χ2n) is 5.99. The molecule has 4 atom stereocenters. The van der Waals surface area contributed by atoms with Crippen molar-refractivity contribution in [3.8, 4) is 17.2 Å². The number of rotatable bonds is 5. The Bertz CT molecular complexity index is 520. The molecule has 1 aromatic carbocycles. The number of alkyl halides is 2. The van der Waals surface area contributed by atoms with Gasteiger partial charge in [0, 0.05) is 0 Å². The van der Waals surface area contributed by atoms with Crippen LogP contribution in [-0.4, -0.2) is 25.0 Å². The molecule has 2 rings (SSSR count). The van der Waals surface area contributed by atoms with Crippen LogP contribution >= 0.6 is 0 Å². The summed E-state index contributed by atoms with van der Waals surface area (Å²) in [6.45, 7) is 6.01. The molecule has 0 amide bonds. The number of benzene rings is 1. The zero-order valence-electron chi connectivity index (χ0n) is 12.5. The fourth-order valence-corrected chi connectivity index (χ4v) is 8.14. The standard InChI is InChI=1S/C16H22IO4/c1-8-4-12(10(8)3)17-13(5-9(2)18)16-14(20)6-11(19)7-15(16)21/h6-8,10,12-13,19-21H,4-5H2,1-3H3/q-1/t8?,10?,12?,13-/m0/s1. The summed E-state index contributed by atoms with van der Waals surface area (Å²) in [5, 5.41) is 29.5. The van der Waals surface area contributed by atoms with Gasteiger partial charge in [-0.2, -0.15) is 0 Å². The van der Waals surface area contributed by atoms with Crippen molar-refractivity contribution in [3.63, 3.8) is 0 Å². The number of hydrogen-bond acceptors (Lipinski definition) is 4. The Hall–Kier alpha value is -0.980. The van der Waals surface area contributed by atoms with E-state index < -0.39 is 0 Å². The Balaban J connectivity index is 2.26. The first-order chi connectivity index (χ1) is 9.79. The Morgan fingerprint density at radius 1 is 1.29 bits per heavy atom. The van der Waals surface area contributed by atoms with Crippen molar-refractivity contribution in [1.82, 2.24) is 0 Å². The molecule has 118 valence electrons. The van der Waals surface area contributed by atoms with Crippen molar-refractivity contribution in [2.45, 2.75) is 41.5 Å². The van der Waals surface area contributed by atoms with Gasteiger partial charge < -0.3 is 0 Å². The zero-order chi connectivity index (χ0) is 15.7. The molecule has 3 unspecified atom stereocenters. The van der Waals surface area contributed by atoms with E-state index in [1.54, 1.807) is 0 Å². The summed E-state index contributed by atoms with van der Waals surface area (Å²) < 4.78 is 0.526. The average Bonchev–Trinajstić information content (AvgIpc) is 2.35. The fourth-order valence-electron chi connectivity index (χ4n) is 2.70. The molecule has 3 N–H and O–H groups in total. The van der Waals surface area contributed by atoms with Gasteiger partial charge in [-0.15, -0.1) is 0 Å². The van der Waals surface area contributed by atoms with Crippen LogP contribution in [0.1, 0.15) is 43.1 Å². The van der Waals surface area contributed by atoms with E-state index in [2.05, 4.69) is 13.8 Å². The molecule has 5 heteroatoms. The summed E-state index contributed by atoms with van der Waals surface area (Å²) in [7, 11) is 0. The zero-order valence-corrected chi connectivity index (χ0v) is 14.7. The molecule has 21 heavy (non-hydrogen) atoms. The number of carbonyl (C=O) groups excluding carboxylic acids is 1. The number of phenolic OH excluding ortho intramolecular Hbond substituents is 3. The van der Waals surface area contributed by atoms with Gasteiger partial charge in [0.1, 0.15) is 0 Å². The molecule has 1 aromatic rings. The maximum atomic E-state index is 11.6. The maximum absolute atomic E-state index is 11.6. The van der Waals surface area contributed by atoms with Crippen LogP contribution in [0.4, 0.5) is 0 Å². The first-order valence-electron chi connectivity index (χ1n) is 7.15. The average molecular weight is 405 g/mol. The summed E-state index contributed by atoms with van der Waals surface area (Å²) in [5.74, 6) is 1.03. The van der Waals surface area contributed by atoms with E-state index in [0.29, 0.717) is 21.8 Å². The van der Waals surface area contributed by atoms with Gasteiger partial charge in [-0.25, -0.2) is 0 Å². The predicted molar refractivity (Wildman–Crippen MR) is 76.2 cm³/mol. The second kappa shape index (κ2) is 6.42. The van der Waals surface area contributed by atoms with E-state index in [1.165, 1.54) is 25.5 Å². The van der Waals surface area contributed by atoms with E-state index in [4.69, 9.17) is 0 Å². The van der Waals surface area contributed by atoms with Gasteiger partial charge in [0.2, 0.25) is 0 Å². The molecular formula is C16H22IO4-. The molecule has 1 saturated carbocycles. The molecule has 0 spiro atoms. The number of carbonyl (C=O) groups is 1. The van der Waals surface area contributed by atoms with Crippen LogP contribution in [0.5, 0.6) is 17.2 Å². The third-order valence-corrected chi connectivity index (χ3v) is 8.78. The topological polar surface area (TPSA) is 77.8 Å². The van der Waals surface area contributed by atoms with Crippen LogP contribution < -0.4 is 21.2 Å². The molecule has 0 heterocycles. The third kappa shape index (κ3) is 3.62. The fraction of sp³-hybridized carbons (Fsp3) is 0.562. The molecular weight excluding hydrogens is 383 g/mol. The summed E-state index contributed by atoms with van der Waals surface area (Å²) in [6, 6.07) is 2.47. The van der Waals surface area contributed by atoms with Crippen LogP contribution in [0, 0.1) is 11.8 Å². The van der Waals surface area contributed by atoms with E-state index >= 15 is 0 Å². The summed E-state index contributed by atoms with van der Waals surface area (Å²) in [5.41, 5.74) is 0.433. The number of Topliss-reactive ketones (excluding diaryl/α,β-unsaturated/α-hetero) is 1. The Labute approximate surface area is 135 Å². The van der Waals surface area contributed by atoms with Crippen LogP contribution in [0.3, 0.4) is 0 Å². The second-order valence-corrected chi connectivity index (χ2v) is 9.81. The molecule has 0 aliphatic heterocycles. The van der Waals surface area contributed by atoms with Crippen molar-refractivity contribution in [3.05, 3.63) is 17.7 Å². The summed E-state index contributed by atoms with van der Waals surface area (Å²) in [6.07, 6.45) is 1.51. The van der Waals surface area contributed by atoms with Gasteiger partial charge in [0.25, 0.3) is 0 Å². The molecule has 4 nitrogen and oxygen atoms in total. The monoisotopic (exact) mass is 405 g/mol. The normalized spacial score (nSPS) is 26.3. The minimum absolute atomic E-state index is 0.0617. The molecule has 1 aliphatic rings. The SMILES string of the molecule is CC(=O)C[C@H]([I-]C1CC(C)C1C)c1c(O)cc(O)cc1O. The number of aromatic hydroxyl groups is 3. The Morgan fingerprint density at radius 2 is 1.86 bits per heavy atom. The van der Waals surface area contributed by atoms with Gasteiger partial charge in [-0.3, -0.25) is 0 Å². The van der Waals surface area contributed by atoms with E-state index in [0.717, 1.165) is 5.92 Å². The molecule has 1 fully saturated rings. The Kier molecular flexibility index (Phi) is 5.01. The van der Waals surface area contributed by atoms with Crippen LogP contribution in [0.2, 0.25) is 0 Å². The predicted octanol–water partition coefficient (Wildman–Crippen LogP) is -0.0429. The number of halogens is 1. The van der Waals surface area contributed by atoms with Gasteiger partial charge in [0.05, 0.1) is 0 Å². The minimum atomic E-state index is -0.363. The van der Waals surface area contributed by atoms with Crippen LogP contribution in [-0.2, 0) is 4.79 Å². The van der Waals surface area contributed by atoms with Crippen LogP contribution in [0.25, 0.3) is 0 Å².